The van der Waals surface area contributed by atoms with Crippen LogP contribution in [0, 0.1) is 0 Å². The molecule has 0 bridgehead atoms. The van der Waals surface area contributed by atoms with Crippen molar-refractivity contribution in [2.45, 2.75) is 45.3 Å². The summed E-state index contributed by atoms with van der Waals surface area (Å²) >= 11 is 0. The van der Waals surface area contributed by atoms with Gasteiger partial charge in [-0.25, -0.2) is 4.98 Å². The maximum absolute atomic E-state index is 11.9. The van der Waals surface area contributed by atoms with Gasteiger partial charge in [0.2, 0.25) is 5.91 Å². The minimum atomic E-state index is -0.590. The number of nitrogens with zero attached hydrogens (tertiary/aromatic N) is 2. The Bertz CT molecular complexity index is 955. The molecule has 1 amide bonds. The fraction of sp³-hybridized carbons (Fsp3) is 0.440. The molecule has 0 spiro atoms. The van der Waals surface area contributed by atoms with Crippen LogP contribution in [0.3, 0.4) is 0 Å². The van der Waals surface area contributed by atoms with Crippen LogP contribution in [0.1, 0.15) is 31.7 Å². The predicted octanol–water partition coefficient (Wildman–Crippen LogP) is 2.91. The fourth-order valence-corrected chi connectivity index (χ4v) is 3.44. The van der Waals surface area contributed by atoms with E-state index in [0.29, 0.717) is 18.7 Å². The molecule has 1 unspecified atom stereocenters. The number of nitrogens with one attached hydrogen (secondary N) is 2. The molecular formula is C25H34N4O3. The lowest BCUT2D eigenvalue weighted by Gasteiger charge is -2.14. The van der Waals surface area contributed by atoms with E-state index < -0.39 is 6.10 Å². The largest absolute Gasteiger partial charge is 0.491 e. The van der Waals surface area contributed by atoms with Crippen molar-refractivity contribution in [1.82, 2.24) is 20.2 Å². The summed E-state index contributed by atoms with van der Waals surface area (Å²) in [7, 11) is 0. The van der Waals surface area contributed by atoms with E-state index in [1.807, 2.05) is 48.8 Å². The molecule has 0 saturated carbocycles. The van der Waals surface area contributed by atoms with E-state index in [0.717, 1.165) is 55.5 Å². The number of benzene rings is 2. The van der Waals surface area contributed by atoms with Crippen molar-refractivity contribution in [3.05, 3.63) is 60.4 Å². The molecule has 1 aromatic heterocycles. The van der Waals surface area contributed by atoms with E-state index in [-0.39, 0.29) is 12.5 Å². The van der Waals surface area contributed by atoms with Gasteiger partial charge in [0.15, 0.2) is 0 Å². The zero-order valence-electron chi connectivity index (χ0n) is 18.8. The Morgan fingerprint density at radius 3 is 2.75 bits per heavy atom. The van der Waals surface area contributed by atoms with Crippen molar-refractivity contribution in [3.63, 3.8) is 0 Å². The highest BCUT2D eigenvalue weighted by molar-refractivity contribution is 5.78. The minimum Gasteiger partial charge on any atom is -0.491 e. The SMILES string of the molecule is CCCCNC(=O)Cc1ccc(OCC(O)CNCCCn2cnc3ccccc32)cc1. The Kier molecular flexibility index (Phi) is 9.53. The summed E-state index contributed by atoms with van der Waals surface area (Å²) in [6.07, 6.45) is 4.66. The van der Waals surface area contributed by atoms with E-state index in [9.17, 15) is 9.90 Å². The summed E-state index contributed by atoms with van der Waals surface area (Å²) < 4.78 is 7.82. The lowest BCUT2D eigenvalue weighted by molar-refractivity contribution is -0.120. The maximum atomic E-state index is 11.9. The van der Waals surface area contributed by atoms with Gasteiger partial charge in [-0.05, 0) is 49.2 Å². The topological polar surface area (TPSA) is 88.4 Å². The van der Waals surface area contributed by atoms with Crippen LogP contribution >= 0.6 is 0 Å². The first-order valence-electron chi connectivity index (χ1n) is 11.4. The molecule has 0 aliphatic carbocycles. The Morgan fingerprint density at radius 2 is 1.94 bits per heavy atom. The van der Waals surface area contributed by atoms with Crippen molar-refractivity contribution in [1.29, 1.82) is 0 Å². The molecular weight excluding hydrogens is 404 g/mol. The predicted molar refractivity (Wildman–Crippen MR) is 127 cm³/mol. The molecule has 0 aliphatic heterocycles. The highest BCUT2D eigenvalue weighted by Crippen LogP contribution is 2.13. The molecule has 3 aromatic rings. The lowest BCUT2D eigenvalue weighted by atomic mass is 10.1. The van der Waals surface area contributed by atoms with Gasteiger partial charge in [-0.1, -0.05) is 37.6 Å². The number of aromatic nitrogens is 2. The molecule has 3 N–H and O–H groups in total. The number of rotatable bonds is 14. The number of hydrogen-bond donors (Lipinski definition) is 3. The van der Waals surface area contributed by atoms with Crippen molar-refractivity contribution < 1.29 is 14.6 Å². The zero-order valence-corrected chi connectivity index (χ0v) is 18.8. The van der Waals surface area contributed by atoms with Crippen LogP contribution in [-0.2, 0) is 17.8 Å². The molecule has 32 heavy (non-hydrogen) atoms. The highest BCUT2D eigenvalue weighted by Gasteiger charge is 2.07. The summed E-state index contributed by atoms with van der Waals surface area (Å²) in [5, 5.41) is 16.3. The van der Waals surface area contributed by atoms with Gasteiger partial charge in [-0.2, -0.15) is 0 Å². The molecule has 2 aromatic carbocycles. The van der Waals surface area contributed by atoms with Crippen LogP contribution in [-0.4, -0.2) is 52.9 Å². The molecule has 3 rings (SSSR count). The number of para-hydroxylation sites is 2. The number of aryl methyl sites for hydroxylation is 1. The molecule has 0 saturated heterocycles. The highest BCUT2D eigenvalue weighted by atomic mass is 16.5. The van der Waals surface area contributed by atoms with E-state index in [4.69, 9.17) is 4.74 Å². The Labute approximate surface area is 189 Å². The van der Waals surface area contributed by atoms with Gasteiger partial charge in [0.25, 0.3) is 0 Å². The summed E-state index contributed by atoms with van der Waals surface area (Å²) in [6.45, 7) is 5.20. The van der Waals surface area contributed by atoms with Gasteiger partial charge >= 0.3 is 0 Å². The Balaban J connectivity index is 1.28. The number of amides is 1. The summed E-state index contributed by atoms with van der Waals surface area (Å²) in [5.41, 5.74) is 3.10. The molecule has 1 heterocycles. The molecule has 7 nitrogen and oxygen atoms in total. The average molecular weight is 439 g/mol. The van der Waals surface area contributed by atoms with E-state index in [1.165, 1.54) is 0 Å². The second kappa shape index (κ2) is 12.8. The molecule has 0 aliphatic rings. The van der Waals surface area contributed by atoms with Crippen molar-refractivity contribution in [3.8, 4) is 5.75 Å². The second-order valence-corrected chi connectivity index (χ2v) is 7.97. The normalized spacial score (nSPS) is 12.1. The monoisotopic (exact) mass is 438 g/mol. The lowest BCUT2D eigenvalue weighted by Crippen LogP contribution is -2.32. The summed E-state index contributed by atoms with van der Waals surface area (Å²) in [5.74, 6) is 0.723. The van der Waals surface area contributed by atoms with Crippen LogP contribution in [0.25, 0.3) is 11.0 Å². The van der Waals surface area contributed by atoms with Crippen molar-refractivity contribution >= 4 is 16.9 Å². The molecule has 7 heteroatoms. The van der Waals surface area contributed by atoms with E-state index >= 15 is 0 Å². The van der Waals surface area contributed by atoms with Gasteiger partial charge < -0.3 is 25.0 Å². The number of aliphatic hydroxyl groups excluding tert-OH is 1. The van der Waals surface area contributed by atoms with Crippen LogP contribution in [0.15, 0.2) is 54.9 Å². The van der Waals surface area contributed by atoms with E-state index in [2.05, 4.69) is 33.2 Å². The number of carbonyl (C=O) groups is 1. The zero-order chi connectivity index (χ0) is 22.6. The van der Waals surface area contributed by atoms with Crippen LogP contribution < -0.4 is 15.4 Å². The Morgan fingerprint density at radius 1 is 1.12 bits per heavy atom. The standard InChI is InChI=1S/C25H34N4O3/c1-2-3-14-27-25(31)16-20-9-11-22(12-10-20)32-18-21(30)17-26-13-6-15-29-19-28-23-7-4-5-8-24(23)29/h4-5,7-12,19,21,26,30H,2-3,6,13-18H2,1H3,(H,27,31). The number of imidazole rings is 1. The number of fused-ring (bicyclic) bond motifs is 1. The number of hydrogen-bond acceptors (Lipinski definition) is 5. The fourth-order valence-electron chi connectivity index (χ4n) is 3.44. The van der Waals surface area contributed by atoms with Crippen LogP contribution in [0.4, 0.5) is 0 Å². The minimum absolute atomic E-state index is 0.0369. The summed E-state index contributed by atoms with van der Waals surface area (Å²) in [6, 6.07) is 15.6. The van der Waals surface area contributed by atoms with Gasteiger partial charge in [0, 0.05) is 19.6 Å². The number of unbranched alkanes of at least 4 members (excludes halogenated alkanes) is 1. The van der Waals surface area contributed by atoms with Gasteiger partial charge in [-0.15, -0.1) is 0 Å². The third-order valence-electron chi connectivity index (χ3n) is 5.24. The number of aliphatic hydroxyl groups is 1. The summed E-state index contributed by atoms with van der Waals surface area (Å²) in [4.78, 5) is 16.3. The third-order valence-corrected chi connectivity index (χ3v) is 5.24. The van der Waals surface area contributed by atoms with Crippen molar-refractivity contribution in [2.75, 3.05) is 26.2 Å². The number of ether oxygens (including phenoxy) is 1. The number of carbonyl (C=O) groups excluding carboxylic acids is 1. The van der Waals surface area contributed by atoms with Crippen molar-refractivity contribution in [2.24, 2.45) is 0 Å². The quantitative estimate of drug-likeness (QED) is 0.337. The average Bonchev–Trinajstić information content (AvgIpc) is 3.22. The smallest absolute Gasteiger partial charge is 0.224 e. The molecule has 0 radical (unpaired) electrons. The molecule has 1 atom stereocenters. The Hall–Kier alpha value is -2.90. The van der Waals surface area contributed by atoms with Gasteiger partial charge in [0.1, 0.15) is 18.5 Å². The molecule has 0 fully saturated rings. The third kappa shape index (κ3) is 7.66. The van der Waals surface area contributed by atoms with Gasteiger partial charge in [-0.3, -0.25) is 4.79 Å². The molecule has 172 valence electrons. The first-order chi connectivity index (χ1) is 15.7. The van der Waals surface area contributed by atoms with E-state index in [1.54, 1.807) is 0 Å². The maximum Gasteiger partial charge on any atom is 0.224 e. The second-order valence-electron chi connectivity index (χ2n) is 7.97. The first-order valence-corrected chi connectivity index (χ1v) is 11.4. The first kappa shape index (κ1) is 23.8. The van der Waals surface area contributed by atoms with Crippen LogP contribution in [0.2, 0.25) is 0 Å². The van der Waals surface area contributed by atoms with Gasteiger partial charge in [0.05, 0.1) is 23.8 Å². The van der Waals surface area contributed by atoms with Crippen LogP contribution in [0.5, 0.6) is 5.75 Å².